The van der Waals surface area contributed by atoms with Gasteiger partial charge in [-0.3, -0.25) is 0 Å². The summed E-state index contributed by atoms with van der Waals surface area (Å²) in [4.78, 5) is 0. The zero-order valence-corrected chi connectivity index (χ0v) is 10.7. The Labute approximate surface area is 101 Å². The van der Waals surface area contributed by atoms with E-state index < -0.39 is 17.5 Å². The van der Waals surface area contributed by atoms with Gasteiger partial charge in [0.1, 0.15) is 0 Å². The quantitative estimate of drug-likeness (QED) is 0.860. The van der Waals surface area contributed by atoms with E-state index in [0.29, 0.717) is 12.0 Å². The van der Waals surface area contributed by atoms with Crippen molar-refractivity contribution in [2.75, 3.05) is 14.2 Å². The van der Waals surface area contributed by atoms with Crippen molar-refractivity contribution in [2.45, 2.75) is 32.0 Å². The van der Waals surface area contributed by atoms with Gasteiger partial charge < -0.3 is 14.6 Å². The van der Waals surface area contributed by atoms with Gasteiger partial charge in [-0.25, -0.2) is 4.39 Å². The van der Waals surface area contributed by atoms with Gasteiger partial charge in [-0.15, -0.1) is 0 Å². The van der Waals surface area contributed by atoms with E-state index in [1.54, 1.807) is 26.0 Å². The van der Waals surface area contributed by atoms with Crippen molar-refractivity contribution < 1.29 is 19.0 Å². The molecule has 0 spiro atoms. The maximum absolute atomic E-state index is 13.4. The number of aliphatic hydroxyl groups excluding tert-OH is 1. The van der Waals surface area contributed by atoms with Crippen LogP contribution < -0.4 is 4.74 Å². The second kappa shape index (κ2) is 5.47. The number of methoxy groups -OCH3 is 2. The van der Waals surface area contributed by atoms with Crippen LogP contribution in [0.5, 0.6) is 5.75 Å². The first-order chi connectivity index (χ1) is 7.90. The van der Waals surface area contributed by atoms with Gasteiger partial charge in [-0.1, -0.05) is 6.07 Å². The number of aliphatic hydroxyl groups is 1. The van der Waals surface area contributed by atoms with Crippen LogP contribution in [0.1, 0.15) is 19.4 Å². The van der Waals surface area contributed by atoms with Gasteiger partial charge in [0.05, 0.1) is 18.8 Å². The SMILES string of the molecule is COc1ccc(CC(O)C(C)(C)OC)cc1F. The molecule has 0 saturated heterocycles. The molecule has 3 nitrogen and oxygen atoms in total. The Hall–Kier alpha value is -1.13. The van der Waals surface area contributed by atoms with Crippen molar-refractivity contribution in [3.05, 3.63) is 29.6 Å². The number of rotatable bonds is 5. The van der Waals surface area contributed by atoms with E-state index in [0.717, 1.165) is 0 Å². The molecule has 0 aliphatic rings. The van der Waals surface area contributed by atoms with Gasteiger partial charge in [0.2, 0.25) is 0 Å². The molecule has 0 saturated carbocycles. The predicted molar refractivity (Wildman–Crippen MR) is 63.8 cm³/mol. The van der Waals surface area contributed by atoms with E-state index in [1.165, 1.54) is 20.3 Å². The summed E-state index contributed by atoms with van der Waals surface area (Å²) in [5.74, 6) is -0.221. The average molecular weight is 242 g/mol. The van der Waals surface area contributed by atoms with E-state index in [1.807, 2.05) is 0 Å². The lowest BCUT2D eigenvalue weighted by Gasteiger charge is -2.29. The molecule has 1 atom stereocenters. The maximum Gasteiger partial charge on any atom is 0.165 e. The van der Waals surface area contributed by atoms with Crippen molar-refractivity contribution in [3.63, 3.8) is 0 Å². The highest BCUT2D eigenvalue weighted by atomic mass is 19.1. The molecule has 17 heavy (non-hydrogen) atoms. The Morgan fingerprint density at radius 1 is 1.35 bits per heavy atom. The Morgan fingerprint density at radius 3 is 2.47 bits per heavy atom. The second-order valence-electron chi connectivity index (χ2n) is 4.50. The van der Waals surface area contributed by atoms with Crippen LogP contribution in [-0.2, 0) is 11.2 Å². The highest BCUT2D eigenvalue weighted by molar-refractivity contribution is 5.29. The molecule has 1 N–H and O–H groups in total. The van der Waals surface area contributed by atoms with Crippen LogP contribution in [0.3, 0.4) is 0 Å². The summed E-state index contributed by atoms with van der Waals surface area (Å²) < 4.78 is 23.5. The van der Waals surface area contributed by atoms with Crippen LogP contribution in [0.2, 0.25) is 0 Å². The summed E-state index contributed by atoms with van der Waals surface area (Å²) in [5, 5.41) is 9.97. The Morgan fingerprint density at radius 2 is 2.00 bits per heavy atom. The van der Waals surface area contributed by atoms with Crippen LogP contribution in [0.15, 0.2) is 18.2 Å². The van der Waals surface area contributed by atoms with E-state index in [4.69, 9.17) is 9.47 Å². The first-order valence-electron chi connectivity index (χ1n) is 5.46. The smallest absolute Gasteiger partial charge is 0.165 e. The molecular weight excluding hydrogens is 223 g/mol. The summed E-state index contributed by atoms with van der Waals surface area (Å²) in [6.45, 7) is 3.58. The van der Waals surface area contributed by atoms with Crippen molar-refractivity contribution in [1.29, 1.82) is 0 Å². The van der Waals surface area contributed by atoms with Crippen molar-refractivity contribution >= 4 is 0 Å². The maximum atomic E-state index is 13.4. The summed E-state index contributed by atoms with van der Waals surface area (Å²) in [7, 11) is 2.96. The first kappa shape index (κ1) is 13.9. The Kier molecular flexibility index (Phi) is 4.48. The standard InChI is InChI=1S/C13H19FO3/c1-13(2,17-4)12(15)8-9-5-6-11(16-3)10(14)7-9/h5-7,12,15H,8H2,1-4H3. The number of hydrogen-bond acceptors (Lipinski definition) is 3. The molecule has 4 heteroatoms. The number of hydrogen-bond donors (Lipinski definition) is 1. The predicted octanol–water partition coefficient (Wildman–Crippen LogP) is 2.16. The van der Waals surface area contributed by atoms with Crippen molar-refractivity contribution in [3.8, 4) is 5.75 Å². The van der Waals surface area contributed by atoms with Gasteiger partial charge in [-0.2, -0.15) is 0 Å². The van der Waals surface area contributed by atoms with Gasteiger partial charge >= 0.3 is 0 Å². The zero-order valence-electron chi connectivity index (χ0n) is 10.7. The third-order valence-electron chi connectivity index (χ3n) is 2.97. The number of benzene rings is 1. The minimum absolute atomic E-state index is 0.203. The monoisotopic (exact) mass is 242 g/mol. The van der Waals surface area contributed by atoms with E-state index in [-0.39, 0.29) is 5.75 Å². The summed E-state index contributed by atoms with van der Waals surface area (Å²) in [5.41, 5.74) is 0.0528. The fraction of sp³-hybridized carbons (Fsp3) is 0.538. The molecule has 0 bridgehead atoms. The van der Waals surface area contributed by atoms with Gasteiger partial charge in [-0.05, 0) is 31.5 Å². The molecule has 0 fully saturated rings. The highest BCUT2D eigenvalue weighted by Crippen LogP contribution is 2.22. The normalized spacial score (nSPS) is 13.5. The lowest BCUT2D eigenvalue weighted by molar-refractivity contribution is -0.0765. The zero-order chi connectivity index (χ0) is 13.1. The molecule has 0 heterocycles. The molecule has 0 aliphatic heterocycles. The van der Waals surface area contributed by atoms with E-state index in [2.05, 4.69) is 0 Å². The van der Waals surface area contributed by atoms with E-state index >= 15 is 0 Å². The van der Waals surface area contributed by atoms with Crippen molar-refractivity contribution in [2.24, 2.45) is 0 Å². The van der Waals surface area contributed by atoms with Crippen LogP contribution in [0.25, 0.3) is 0 Å². The lowest BCUT2D eigenvalue weighted by atomic mass is 9.95. The second-order valence-corrected chi connectivity index (χ2v) is 4.50. The van der Waals surface area contributed by atoms with Crippen molar-refractivity contribution in [1.82, 2.24) is 0 Å². The third-order valence-corrected chi connectivity index (χ3v) is 2.97. The molecule has 0 aromatic heterocycles. The summed E-state index contributed by atoms with van der Waals surface area (Å²) in [6.07, 6.45) is -0.359. The van der Waals surface area contributed by atoms with Gasteiger partial charge in [0.25, 0.3) is 0 Å². The number of halogens is 1. The van der Waals surface area contributed by atoms with E-state index in [9.17, 15) is 9.50 Å². The Balaban J connectivity index is 2.79. The molecule has 1 unspecified atom stereocenters. The fourth-order valence-electron chi connectivity index (χ4n) is 1.44. The van der Waals surface area contributed by atoms with Crippen LogP contribution >= 0.6 is 0 Å². The lowest BCUT2D eigenvalue weighted by Crippen LogP contribution is -2.39. The Bertz CT molecular complexity index is 377. The fourth-order valence-corrected chi connectivity index (χ4v) is 1.44. The van der Waals surface area contributed by atoms with Gasteiger partial charge in [0, 0.05) is 13.5 Å². The van der Waals surface area contributed by atoms with Gasteiger partial charge in [0.15, 0.2) is 11.6 Å². The van der Waals surface area contributed by atoms with Crippen LogP contribution in [-0.4, -0.2) is 31.0 Å². The molecule has 0 amide bonds. The highest BCUT2D eigenvalue weighted by Gasteiger charge is 2.27. The minimum atomic E-state index is -0.694. The van der Waals surface area contributed by atoms with Crippen LogP contribution in [0, 0.1) is 5.82 Å². The topological polar surface area (TPSA) is 38.7 Å². The van der Waals surface area contributed by atoms with Crippen LogP contribution in [0.4, 0.5) is 4.39 Å². The number of ether oxygens (including phenoxy) is 2. The first-order valence-corrected chi connectivity index (χ1v) is 5.46. The molecule has 1 aromatic carbocycles. The average Bonchev–Trinajstić information content (AvgIpc) is 2.29. The molecule has 96 valence electrons. The molecule has 1 aromatic rings. The third kappa shape index (κ3) is 3.41. The molecule has 1 rings (SSSR count). The summed E-state index contributed by atoms with van der Waals surface area (Å²) >= 11 is 0. The largest absolute Gasteiger partial charge is 0.494 e. The minimum Gasteiger partial charge on any atom is -0.494 e. The molecule has 0 aliphatic carbocycles. The molecule has 0 radical (unpaired) electrons. The summed E-state index contributed by atoms with van der Waals surface area (Å²) in [6, 6.07) is 4.65. The molecular formula is C13H19FO3.